The second-order valence-electron chi connectivity index (χ2n) is 6.91. The van der Waals surface area contributed by atoms with Crippen molar-refractivity contribution in [2.24, 2.45) is 0 Å². The van der Waals surface area contributed by atoms with Crippen LogP contribution in [0.2, 0.25) is 0 Å². The van der Waals surface area contributed by atoms with Crippen molar-refractivity contribution in [1.82, 2.24) is 10.2 Å². The summed E-state index contributed by atoms with van der Waals surface area (Å²) >= 11 is 0. The van der Waals surface area contributed by atoms with Crippen molar-refractivity contribution < 1.29 is 23.1 Å². The van der Waals surface area contributed by atoms with E-state index >= 15 is 0 Å². The number of carbonyl (C=O) groups excluding carboxylic acids is 1. The molecular weight excluding hydrogens is 415 g/mol. The van der Waals surface area contributed by atoms with Gasteiger partial charge in [-0.1, -0.05) is 18.2 Å². The van der Waals surface area contributed by atoms with E-state index < -0.39 is 11.8 Å². The molecule has 1 aromatic heterocycles. The maximum atomic E-state index is 14.4. The van der Waals surface area contributed by atoms with E-state index in [9.17, 15) is 9.18 Å². The van der Waals surface area contributed by atoms with Crippen LogP contribution in [0.1, 0.15) is 0 Å². The van der Waals surface area contributed by atoms with Crippen molar-refractivity contribution in [3.63, 3.8) is 0 Å². The zero-order chi connectivity index (χ0) is 21.9. The molecule has 0 saturated carbocycles. The summed E-state index contributed by atoms with van der Waals surface area (Å²) in [7, 11) is 0. The Morgan fingerprint density at radius 3 is 2.31 bits per heavy atom. The summed E-state index contributed by atoms with van der Waals surface area (Å²) in [5.74, 6) is 0.918. The molecule has 0 aliphatic carbocycles. The minimum atomic E-state index is -0.550. The fourth-order valence-electron chi connectivity index (χ4n) is 3.21. The summed E-state index contributed by atoms with van der Waals surface area (Å²) in [5.41, 5.74) is 1.69. The van der Waals surface area contributed by atoms with E-state index in [-0.39, 0.29) is 17.3 Å². The van der Waals surface area contributed by atoms with Crippen molar-refractivity contribution in [2.45, 2.75) is 0 Å². The topological polar surface area (TPSA) is 98.5 Å². The third-order valence-corrected chi connectivity index (χ3v) is 4.70. The maximum absolute atomic E-state index is 14.4. The second-order valence-corrected chi connectivity index (χ2v) is 6.91. The zero-order valence-corrected chi connectivity index (χ0v) is 16.7. The monoisotopic (exact) mass is 432 g/mol. The standard InChI is InChI=1S/C23H17FN4O4/c24-18-8-6-15(12-17(18)22-28-27-21(32-22)14-4-2-1-3-5-14)25-23(29)26-16-7-9-19-20(13-16)31-11-10-30-19/h1-9,12-13H,10-11H2,(H2,25,26,29). The van der Waals surface area contributed by atoms with Crippen LogP contribution < -0.4 is 20.1 Å². The summed E-state index contributed by atoms with van der Waals surface area (Å²) < 4.78 is 31.0. The van der Waals surface area contributed by atoms with E-state index in [1.54, 1.807) is 18.2 Å². The Labute approximate surface area is 182 Å². The first-order valence-electron chi connectivity index (χ1n) is 9.82. The summed E-state index contributed by atoms with van der Waals surface area (Å²) in [6, 6.07) is 17.9. The van der Waals surface area contributed by atoms with Gasteiger partial charge in [-0.15, -0.1) is 10.2 Å². The molecule has 2 heterocycles. The number of benzene rings is 3. The van der Waals surface area contributed by atoms with Crippen LogP contribution in [0.3, 0.4) is 0 Å². The Kier molecular flexibility index (Phi) is 5.12. The maximum Gasteiger partial charge on any atom is 0.323 e. The zero-order valence-electron chi connectivity index (χ0n) is 16.7. The number of fused-ring (bicyclic) bond motifs is 1. The average molecular weight is 432 g/mol. The van der Waals surface area contributed by atoms with Gasteiger partial charge in [-0.3, -0.25) is 0 Å². The SMILES string of the molecule is O=C(Nc1ccc2c(c1)OCCO2)Nc1ccc(F)c(-c2nnc(-c3ccccc3)o2)c1. The minimum absolute atomic E-state index is 0.0113. The van der Waals surface area contributed by atoms with E-state index in [0.717, 1.165) is 5.56 Å². The highest BCUT2D eigenvalue weighted by Gasteiger charge is 2.16. The molecule has 2 amide bonds. The van der Waals surface area contributed by atoms with Gasteiger partial charge < -0.3 is 24.5 Å². The van der Waals surface area contributed by atoms with Gasteiger partial charge in [-0.05, 0) is 42.5 Å². The molecule has 0 atom stereocenters. The molecule has 0 spiro atoms. The number of nitrogens with one attached hydrogen (secondary N) is 2. The van der Waals surface area contributed by atoms with Crippen LogP contribution in [0.5, 0.6) is 11.5 Å². The number of nitrogens with zero attached hydrogens (tertiary/aromatic N) is 2. The first kappa shape index (κ1) is 19.6. The molecule has 32 heavy (non-hydrogen) atoms. The summed E-state index contributed by atoms with van der Waals surface area (Å²) in [6.45, 7) is 0.933. The number of carbonyl (C=O) groups is 1. The molecule has 9 heteroatoms. The Balaban J connectivity index is 1.32. The number of ether oxygens (including phenoxy) is 2. The molecule has 4 aromatic rings. The normalized spacial score (nSPS) is 12.3. The van der Waals surface area contributed by atoms with E-state index in [1.807, 2.05) is 30.3 Å². The molecule has 8 nitrogen and oxygen atoms in total. The van der Waals surface area contributed by atoms with E-state index in [1.165, 1.54) is 18.2 Å². The smallest absolute Gasteiger partial charge is 0.323 e. The van der Waals surface area contributed by atoms with Gasteiger partial charge in [-0.2, -0.15) is 0 Å². The third-order valence-electron chi connectivity index (χ3n) is 4.70. The van der Waals surface area contributed by atoms with Crippen molar-refractivity contribution in [3.05, 3.63) is 72.5 Å². The Morgan fingerprint density at radius 1 is 0.812 bits per heavy atom. The van der Waals surface area contributed by atoms with Crippen molar-refractivity contribution >= 4 is 17.4 Å². The minimum Gasteiger partial charge on any atom is -0.486 e. The van der Waals surface area contributed by atoms with Crippen molar-refractivity contribution in [3.8, 4) is 34.4 Å². The van der Waals surface area contributed by atoms with Crippen LogP contribution in [-0.2, 0) is 0 Å². The van der Waals surface area contributed by atoms with Gasteiger partial charge in [0.25, 0.3) is 5.89 Å². The first-order chi connectivity index (χ1) is 15.7. The number of hydrogen-bond donors (Lipinski definition) is 2. The summed E-state index contributed by atoms with van der Waals surface area (Å²) in [5, 5.41) is 13.3. The number of halogens is 1. The summed E-state index contributed by atoms with van der Waals surface area (Å²) in [6.07, 6.45) is 0. The van der Waals surface area contributed by atoms with Crippen LogP contribution in [0.25, 0.3) is 22.9 Å². The van der Waals surface area contributed by atoms with E-state index in [0.29, 0.717) is 36.1 Å². The molecule has 0 fully saturated rings. The number of rotatable bonds is 4. The molecule has 1 aliphatic rings. The molecule has 3 aromatic carbocycles. The number of anilines is 2. The second kappa shape index (κ2) is 8.38. The predicted molar refractivity (Wildman–Crippen MR) is 115 cm³/mol. The van der Waals surface area contributed by atoms with Crippen molar-refractivity contribution in [2.75, 3.05) is 23.8 Å². The van der Waals surface area contributed by atoms with Gasteiger partial charge in [0.05, 0.1) is 5.56 Å². The largest absolute Gasteiger partial charge is 0.486 e. The highest BCUT2D eigenvalue weighted by Crippen LogP contribution is 2.33. The van der Waals surface area contributed by atoms with Gasteiger partial charge in [0.1, 0.15) is 19.0 Å². The molecule has 0 saturated heterocycles. The fourth-order valence-corrected chi connectivity index (χ4v) is 3.21. The van der Waals surface area contributed by atoms with Crippen LogP contribution >= 0.6 is 0 Å². The predicted octanol–water partition coefficient (Wildman–Crippen LogP) is 4.96. The summed E-state index contributed by atoms with van der Waals surface area (Å²) in [4.78, 5) is 12.4. The highest BCUT2D eigenvalue weighted by atomic mass is 19.1. The quantitative estimate of drug-likeness (QED) is 0.473. The average Bonchev–Trinajstić information content (AvgIpc) is 3.31. The molecule has 2 N–H and O–H groups in total. The lowest BCUT2D eigenvalue weighted by Crippen LogP contribution is -2.20. The molecule has 0 radical (unpaired) electrons. The number of urea groups is 1. The molecule has 1 aliphatic heterocycles. The van der Waals surface area contributed by atoms with Crippen molar-refractivity contribution in [1.29, 1.82) is 0 Å². The van der Waals surface area contributed by atoms with Gasteiger partial charge in [0, 0.05) is 23.0 Å². The number of aromatic nitrogens is 2. The Morgan fingerprint density at radius 2 is 1.50 bits per heavy atom. The van der Waals surface area contributed by atoms with Gasteiger partial charge >= 0.3 is 6.03 Å². The lowest BCUT2D eigenvalue weighted by molar-refractivity contribution is 0.171. The third kappa shape index (κ3) is 4.08. The number of hydrogen-bond acceptors (Lipinski definition) is 6. The Bertz CT molecular complexity index is 1280. The van der Waals surface area contributed by atoms with Crippen LogP contribution in [0, 0.1) is 5.82 Å². The first-order valence-corrected chi connectivity index (χ1v) is 9.82. The van der Waals surface area contributed by atoms with Gasteiger partial charge in [0.2, 0.25) is 5.89 Å². The van der Waals surface area contributed by atoms with Gasteiger partial charge in [-0.25, -0.2) is 9.18 Å². The van der Waals surface area contributed by atoms with Crippen LogP contribution in [-0.4, -0.2) is 29.4 Å². The molecule has 0 unspecified atom stereocenters. The lowest BCUT2D eigenvalue weighted by atomic mass is 10.2. The number of amides is 2. The van der Waals surface area contributed by atoms with Crippen LogP contribution in [0.15, 0.2) is 71.1 Å². The van der Waals surface area contributed by atoms with Crippen LogP contribution in [0.4, 0.5) is 20.6 Å². The van der Waals surface area contributed by atoms with E-state index in [4.69, 9.17) is 13.9 Å². The molecular formula is C23H17FN4O4. The Hall–Kier alpha value is -4.40. The van der Waals surface area contributed by atoms with E-state index in [2.05, 4.69) is 20.8 Å². The fraction of sp³-hybridized carbons (Fsp3) is 0.0870. The lowest BCUT2D eigenvalue weighted by Gasteiger charge is -2.19. The highest BCUT2D eigenvalue weighted by molar-refractivity contribution is 6.00. The molecule has 0 bridgehead atoms. The molecule has 160 valence electrons. The molecule has 5 rings (SSSR count). The van der Waals surface area contributed by atoms with Gasteiger partial charge in [0.15, 0.2) is 11.5 Å².